The van der Waals surface area contributed by atoms with Gasteiger partial charge in [-0.15, -0.1) is 0 Å². The van der Waals surface area contributed by atoms with Gasteiger partial charge in [0, 0.05) is 38.1 Å². The molecular weight excluding hydrogens is 366 g/mol. The zero-order valence-corrected chi connectivity index (χ0v) is 18.2. The number of guanidine groups is 1. The van der Waals surface area contributed by atoms with E-state index in [4.69, 9.17) is 14.1 Å². The van der Waals surface area contributed by atoms with Crippen molar-refractivity contribution in [2.24, 2.45) is 4.99 Å². The third-order valence-corrected chi connectivity index (χ3v) is 5.00. The summed E-state index contributed by atoms with van der Waals surface area (Å²) >= 11 is 0. The second-order valence-corrected chi connectivity index (χ2v) is 8.18. The Kier molecular flexibility index (Phi) is 6.67. The number of ether oxygens (including phenoxy) is 1. The molecule has 0 atom stereocenters. The molecule has 2 heterocycles. The molecule has 1 aliphatic heterocycles. The number of aliphatic imine (C=N–C) groups is 1. The van der Waals surface area contributed by atoms with E-state index >= 15 is 0 Å². The number of methoxy groups -OCH3 is 1. The topological polar surface area (TPSA) is 66.1 Å². The normalized spacial score (nSPS) is 15.6. The molecule has 0 radical (unpaired) electrons. The van der Waals surface area contributed by atoms with Crippen LogP contribution in [-0.2, 0) is 12.0 Å². The average Bonchev–Trinajstić information content (AvgIpc) is 3.21. The Hall–Kier alpha value is -2.70. The van der Waals surface area contributed by atoms with E-state index in [0.29, 0.717) is 12.4 Å². The fourth-order valence-corrected chi connectivity index (χ4v) is 3.35. The summed E-state index contributed by atoms with van der Waals surface area (Å²) in [4.78, 5) is 13.8. The molecule has 0 saturated carbocycles. The van der Waals surface area contributed by atoms with Crippen LogP contribution in [0.25, 0.3) is 0 Å². The molecule has 0 aliphatic carbocycles. The van der Waals surface area contributed by atoms with E-state index in [2.05, 4.69) is 59.9 Å². The van der Waals surface area contributed by atoms with E-state index in [1.54, 1.807) is 7.11 Å². The molecule has 1 fully saturated rings. The first-order chi connectivity index (χ1) is 13.9. The standard InChI is InChI=1S/C22H33N5O2/c1-6-23-21(25-16-20-24-15-19(29-20)22(2,3)4)27-13-11-26(12-14-27)17-9-7-8-10-18(17)28-5/h7-10,15H,6,11-14,16H2,1-5H3,(H,23,25). The number of para-hydroxylation sites is 2. The first-order valence-corrected chi connectivity index (χ1v) is 10.3. The van der Waals surface area contributed by atoms with E-state index in [9.17, 15) is 0 Å². The van der Waals surface area contributed by atoms with Gasteiger partial charge in [-0.05, 0) is 19.1 Å². The molecular formula is C22H33N5O2. The van der Waals surface area contributed by atoms with Crippen LogP contribution in [0.4, 0.5) is 5.69 Å². The minimum Gasteiger partial charge on any atom is -0.495 e. The molecule has 0 spiro atoms. The van der Waals surface area contributed by atoms with Crippen molar-refractivity contribution in [3.8, 4) is 5.75 Å². The quantitative estimate of drug-likeness (QED) is 0.615. The zero-order valence-electron chi connectivity index (χ0n) is 18.2. The molecule has 0 bridgehead atoms. The summed E-state index contributed by atoms with van der Waals surface area (Å²) in [6.07, 6.45) is 1.81. The van der Waals surface area contributed by atoms with Crippen molar-refractivity contribution in [1.82, 2.24) is 15.2 Å². The van der Waals surface area contributed by atoms with Crippen molar-refractivity contribution >= 4 is 11.6 Å². The van der Waals surface area contributed by atoms with Crippen molar-refractivity contribution in [2.75, 3.05) is 44.7 Å². The van der Waals surface area contributed by atoms with E-state index in [0.717, 1.165) is 55.9 Å². The molecule has 158 valence electrons. The van der Waals surface area contributed by atoms with Crippen molar-refractivity contribution in [3.63, 3.8) is 0 Å². The summed E-state index contributed by atoms with van der Waals surface area (Å²) in [5, 5.41) is 3.40. The van der Waals surface area contributed by atoms with Crippen LogP contribution in [-0.4, -0.2) is 55.7 Å². The summed E-state index contributed by atoms with van der Waals surface area (Å²) in [6.45, 7) is 13.3. The summed E-state index contributed by atoms with van der Waals surface area (Å²) in [6, 6.07) is 8.18. The number of oxazole rings is 1. The number of nitrogens with one attached hydrogen (secondary N) is 1. The molecule has 0 amide bonds. The van der Waals surface area contributed by atoms with Gasteiger partial charge in [0.1, 0.15) is 18.1 Å². The van der Waals surface area contributed by atoms with Gasteiger partial charge in [-0.25, -0.2) is 9.98 Å². The highest BCUT2D eigenvalue weighted by Crippen LogP contribution is 2.28. The lowest BCUT2D eigenvalue weighted by Crippen LogP contribution is -2.52. The predicted octanol–water partition coefficient (Wildman–Crippen LogP) is 3.27. The second kappa shape index (κ2) is 9.20. The molecule has 7 heteroatoms. The van der Waals surface area contributed by atoms with Crippen molar-refractivity contribution in [1.29, 1.82) is 0 Å². The van der Waals surface area contributed by atoms with E-state index in [1.807, 2.05) is 18.3 Å². The van der Waals surface area contributed by atoms with Gasteiger partial charge in [0.25, 0.3) is 0 Å². The molecule has 2 aromatic rings. The van der Waals surface area contributed by atoms with Crippen molar-refractivity contribution in [3.05, 3.63) is 42.1 Å². The third-order valence-electron chi connectivity index (χ3n) is 5.00. The van der Waals surface area contributed by atoms with Gasteiger partial charge in [0.05, 0.1) is 19.0 Å². The number of nitrogens with zero attached hydrogens (tertiary/aromatic N) is 4. The number of hydrogen-bond acceptors (Lipinski definition) is 5. The van der Waals surface area contributed by atoms with Gasteiger partial charge < -0.3 is 24.3 Å². The molecule has 1 aliphatic rings. The molecule has 1 aromatic carbocycles. The van der Waals surface area contributed by atoms with Crippen molar-refractivity contribution in [2.45, 2.75) is 39.7 Å². The summed E-state index contributed by atoms with van der Waals surface area (Å²) in [5.74, 6) is 3.36. The SMILES string of the molecule is CCNC(=NCc1ncc(C(C)(C)C)o1)N1CCN(c2ccccc2OC)CC1. The van der Waals surface area contributed by atoms with Gasteiger partial charge in [0.15, 0.2) is 5.96 Å². The van der Waals surface area contributed by atoms with E-state index in [1.165, 1.54) is 0 Å². The van der Waals surface area contributed by atoms with Crippen LogP contribution in [0.15, 0.2) is 39.9 Å². The smallest absolute Gasteiger partial charge is 0.216 e. The number of piperazine rings is 1. The number of rotatable bonds is 5. The summed E-state index contributed by atoms with van der Waals surface area (Å²) in [5.41, 5.74) is 1.10. The maximum atomic E-state index is 5.88. The maximum absolute atomic E-state index is 5.88. The largest absolute Gasteiger partial charge is 0.495 e. The lowest BCUT2D eigenvalue weighted by atomic mass is 9.94. The Labute approximate surface area is 173 Å². The van der Waals surface area contributed by atoms with E-state index in [-0.39, 0.29) is 5.41 Å². The predicted molar refractivity (Wildman–Crippen MR) is 117 cm³/mol. The Morgan fingerprint density at radius 3 is 2.55 bits per heavy atom. The zero-order chi connectivity index (χ0) is 20.9. The van der Waals surface area contributed by atoms with Crippen LogP contribution in [0.3, 0.4) is 0 Å². The number of anilines is 1. The number of benzene rings is 1. The van der Waals surface area contributed by atoms with Crippen LogP contribution in [0.2, 0.25) is 0 Å². The summed E-state index contributed by atoms with van der Waals surface area (Å²) in [7, 11) is 1.72. The Morgan fingerprint density at radius 1 is 1.21 bits per heavy atom. The molecule has 29 heavy (non-hydrogen) atoms. The van der Waals surface area contributed by atoms with Crippen LogP contribution >= 0.6 is 0 Å². The van der Waals surface area contributed by atoms with Crippen LogP contribution in [0, 0.1) is 0 Å². The number of hydrogen-bond donors (Lipinski definition) is 1. The van der Waals surface area contributed by atoms with E-state index < -0.39 is 0 Å². The minimum absolute atomic E-state index is 0.0473. The third kappa shape index (κ3) is 5.22. The molecule has 1 N–H and O–H groups in total. The second-order valence-electron chi connectivity index (χ2n) is 8.18. The van der Waals surface area contributed by atoms with Gasteiger partial charge in [-0.3, -0.25) is 0 Å². The Balaban J connectivity index is 1.64. The molecule has 1 saturated heterocycles. The van der Waals surface area contributed by atoms with Crippen LogP contribution < -0.4 is 15.0 Å². The fraction of sp³-hybridized carbons (Fsp3) is 0.545. The molecule has 3 rings (SSSR count). The molecule has 1 aromatic heterocycles. The lowest BCUT2D eigenvalue weighted by Gasteiger charge is -2.38. The highest BCUT2D eigenvalue weighted by Gasteiger charge is 2.22. The average molecular weight is 400 g/mol. The first-order valence-electron chi connectivity index (χ1n) is 10.3. The van der Waals surface area contributed by atoms with Crippen molar-refractivity contribution < 1.29 is 9.15 Å². The monoisotopic (exact) mass is 399 g/mol. The molecule has 7 nitrogen and oxygen atoms in total. The highest BCUT2D eigenvalue weighted by molar-refractivity contribution is 5.80. The number of aromatic nitrogens is 1. The Bertz CT molecular complexity index is 817. The lowest BCUT2D eigenvalue weighted by molar-refractivity contribution is 0.363. The van der Waals surface area contributed by atoms with Crippen LogP contribution in [0.1, 0.15) is 39.3 Å². The maximum Gasteiger partial charge on any atom is 0.216 e. The van der Waals surface area contributed by atoms with Crippen LogP contribution in [0.5, 0.6) is 5.75 Å². The minimum atomic E-state index is -0.0473. The summed E-state index contributed by atoms with van der Waals surface area (Å²) < 4.78 is 11.4. The van der Waals surface area contributed by atoms with Gasteiger partial charge in [0.2, 0.25) is 5.89 Å². The van der Waals surface area contributed by atoms with Gasteiger partial charge in [-0.2, -0.15) is 0 Å². The Morgan fingerprint density at radius 2 is 1.93 bits per heavy atom. The molecule has 0 unspecified atom stereocenters. The van der Waals surface area contributed by atoms with Gasteiger partial charge in [-0.1, -0.05) is 32.9 Å². The highest BCUT2D eigenvalue weighted by atomic mass is 16.5. The van der Waals surface area contributed by atoms with Gasteiger partial charge >= 0.3 is 0 Å². The fourth-order valence-electron chi connectivity index (χ4n) is 3.35. The first kappa shape index (κ1) is 21.0.